The number of furan rings is 1. The van der Waals surface area contributed by atoms with Gasteiger partial charge in [0.25, 0.3) is 5.91 Å². The van der Waals surface area contributed by atoms with Crippen LogP contribution >= 0.6 is 0 Å². The number of nitrogens with one attached hydrogen (secondary N) is 1. The van der Waals surface area contributed by atoms with Crippen molar-refractivity contribution in [2.75, 3.05) is 5.32 Å². The molecule has 1 heterocycles. The van der Waals surface area contributed by atoms with Crippen LogP contribution in [0.2, 0.25) is 0 Å². The molecule has 0 fully saturated rings. The third-order valence-electron chi connectivity index (χ3n) is 4.44. The van der Waals surface area contributed by atoms with E-state index in [-0.39, 0.29) is 12.4 Å². The Morgan fingerprint density at radius 2 is 1.45 bits per heavy atom. The van der Waals surface area contributed by atoms with Crippen LogP contribution in [0.3, 0.4) is 0 Å². The Labute approximate surface area is 171 Å². The first-order valence-corrected chi connectivity index (χ1v) is 8.88. The third-order valence-corrected chi connectivity index (χ3v) is 4.44. The summed E-state index contributed by atoms with van der Waals surface area (Å²) >= 11 is 0. The summed E-state index contributed by atoms with van der Waals surface area (Å²) in [5.41, 5.74) is -1.47. The maximum atomic E-state index is 13.7. The Hall–Kier alpha value is -3.88. The molecule has 9 heteroatoms. The number of amides is 1. The van der Waals surface area contributed by atoms with Crippen LogP contribution in [0.5, 0.6) is 5.75 Å². The molecule has 0 bridgehead atoms. The van der Waals surface area contributed by atoms with Crippen LogP contribution in [0, 0.1) is 29.1 Å². The third kappa shape index (κ3) is 3.94. The van der Waals surface area contributed by atoms with Crippen molar-refractivity contribution in [3.63, 3.8) is 0 Å². The highest BCUT2D eigenvalue weighted by atomic mass is 19.2. The lowest BCUT2D eigenvalue weighted by atomic mass is 10.1. The number of rotatable bonds is 5. The van der Waals surface area contributed by atoms with Gasteiger partial charge >= 0.3 is 0 Å². The minimum Gasteiger partial charge on any atom is -0.486 e. The number of benzene rings is 3. The Bertz CT molecular complexity index is 1270. The van der Waals surface area contributed by atoms with Gasteiger partial charge in [0, 0.05) is 0 Å². The van der Waals surface area contributed by atoms with Gasteiger partial charge in [-0.2, -0.15) is 0 Å². The fourth-order valence-corrected chi connectivity index (χ4v) is 2.88. The van der Waals surface area contributed by atoms with Gasteiger partial charge in [-0.15, -0.1) is 0 Å². The molecule has 4 aromatic rings. The zero-order valence-corrected chi connectivity index (χ0v) is 15.5. The van der Waals surface area contributed by atoms with E-state index in [4.69, 9.17) is 9.15 Å². The molecule has 0 unspecified atom stereocenters. The van der Waals surface area contributed by atoms with Crippen LogP contribution in [0.4, 0.5) is 27.6 Å². The Morgan fingerprint density at radius 3 is 2.16 bits per heavy atom. The van der Waals surface area contributed by atoms with Crippen molar-refractivity contribution in [2.45, 2.75) is 6.61 Å². The topological polar surface area (TPSA) is 51.5 Å². The summed E-state index contributed by atoms with van der Waals surface area (Å²) in [6.45, 7) is -0.0614. The molecule has 0 spiro atoms. The van der Waals surface area contributed by atoms with Gasteiger partial charge in [0.05, 0.1) is 0 Å². The predicted molar refractivity (Wildman–Crippen MR) is 101 cm³/mol. The number of ether oxygens (including phenoxy) is 1. The highest BCUT2D eigenvalue weighted by Gasteiger charge is 2.27. The van der Waals surface area contributed by atoms with Gasteiger partial charge in [-0.05, 0) is 35.0 Å². The lowest BCUT2D eigenvalue weighted by molar-refractivity contribution is 0.0991. The zero-order valence-electron chi connectivity index (χ0n) is 15.5. The molecule has 0 saturated heterocycles. The van der Waals surface area contributed by atoms with Gasteiger partial charge in [-0.3, -0.25) is 4.79 Å². The molecule has 0 saturated carbocycles. The Balaban J connectivity index is 1.47. The standard InChI is InChI=1S/C22H12F5NO3/c23-16-17(24)19(26)21(20(27)18(16)25)28-22(29)15-8-7-14(31-15)10-30-13-6-5-11-3-1-2-4-12(11)9-13/h1-9H,10H2,(H,28,29). The molecular formula is C22H12F5NO3. The molecule has 1 N–H and O–H groups in total. The predicted octanol–water partition coefficient (Wildman–Crippen LogP) is 5.96. The number of halogens is 5. The number of hydrogen-bond acceptors (Lipinski definition) is 3. The van der Waals surface area contributed by atoms with E-state index in [2.05, 4.69) is 0 Å². The van der Waals surface area contributed by atoms with Crippen molar-refractivity contribution in [3.8, 4) is 5.75 Å². The molecule has 0 aliphatic rings. The van der Waals surface area contributed by atoms with E-state index in [1.807, 2.05) is 36.4 Å². The molecule has 4 rings (SSSR count). The summed E-state index contributed by atoms with van der Waals surface area (Å²) in [5, 5.41) is 3.63. The average Bonchev–Trinajstić information content (AvgIpc) is 3.27. The molecule has 4 nitrogen and oxygen atoms in total. The molecule has 31 heavy (non-hydrogen) atoms. The SMILES string of the molecule is O=C(Nc1c(F)c(F)c(F)c(F)c1F)c1ccc(COc2ccc3ccccc3c2)o1. The van der Waals surface area contributed by atoms with Crippen molar-refractivity contribution in [1.82, 2.24) is 0 Å². The molecule has 158 valence electrons. The van der Waals surface area contributed by atoms with Crippen LogP contribution in [-0.4, -0.2) is 5.91 Å². The zero-order chi connectivity index (χ0) is 22.1. The second kappa shape index (κ2) is 8.10. The highest BCUT2D eigenvalue weighted by Crippen LogP contribution is 2.28. The van der Waals surface area contributed by atoms with Crippen molar-refractivity contribution >= 4 is 22.4 Å². The Morgan fingerprint density at radius 1 is 0.806 bits per heavy atom. The van der Waals surface area contributed by atoms with Gasteiger partial charge in [-0.1, -0.05) is 30.3 Å². The summed E-state index contributed by atoms with van der Waals surface area (Å²) in [4.78, 5) is 12.1. The van der Waals surface area contributed by atoms with Crippen molar-refractivity contribution in [1.29, 1.82) is 0 Å². The Kier molecular flexibility index (Phi) is 5.33. The lowest BCUT2D eigenvalue weighted by Crippen LogP contribution is -2.16. The fourth-order valence-electron chi connectivity index (χ4n) is 2.88. The van der Waals surface area contributed by atoms with Gasteiger partial charge in [0.2, 0.25) is 5.82 Å². The molecule has 0 aliphatic heterocycles. The maximum absolute atomic E-state index is 13.7. The summed E-state index contributed by atoms with van der Waals surface area (Å²) < 4.78 is 77.9. The van der Waals surface area contributed by atoms with Crippen LogP contribution in [0.1, 0.15) is 16.3 Å². The van der Waals surface area contributed by atoms with Crippen LogP contribution in [0.25, 0.3) is 10.8 Å². The average molecular weight is 433 g/mol. The van der Waals surface area contributed by atoms with Gasteiger partial charge in [-0.25, -0.2) is 22.0 Å². The first-order valence-electron chi connectivity index (χ1n) is 8.88. The van der Waals surface area contributed by atoms with Crippen molar-refractivity contribution in [2.24, 2.45) is 0 Å². The van der Waals surface area contributed by atoms with Crippen LogP contribution in [0.15, 0.2) is 59.0 Å². The highest BCUT2D eigenvalue weighted by molar-refractivity contribution is 6.02. The summed E-state index contributed by atoms with van der Waals surface area (Å²) in [6.07, 6.45) is 0. The second-order valence-corrected chi connectivity index (χ2v) is 6.46. The molecule has 3 aromatic carbocycles. The van der Waals surface area contributed by atoms with E-state index in [1.165, 1.54) is 12.1 Å². The summed E-state index contributed by atoms with van der Waals surface area (Å²) in [6, 6.07) is 15.7. The van der Waals surface area contributed by atoms with Crippen molar-refractivity contribution in [3.05, 3.63) is 95.2 Å². The first kappa shape index (κ1) is 20.4. The molecule has 0 aliphatic carbocycles. The quantitative estimate of drug-likeness (QED) is 0.240. The minimum atomic E-state index is -2.32. The number of carbonyl (C=O) groups is 1. The van der Waals surface area contributed by atoms with Crippen molar-refractivity contribution < 1.29 is 35.9 Å². The maximum Gasteiger partial charge on any atom is 0.291 e. The number of fused-ring (bicyclic) bond motifs is 1. The molecule has 0 radical (unpaired) electrons. The monoisotopic (exact) mass is 433 g/mol. The summed E-state index contributed by atoms with van der Waals surface area (Å²) in [5.74, 6) is -11.8. The number of anilines is 1. The van der Waals surface area contributed by atoms with Crippen LogP contribution < -0.4 is 10.1 Å². The first-order chi connectivity index (χ1) is 14.8. The molecule has 1 aromatic heterocycles. The van der Waals surface area contributed by atoms with Gasteiger partial charge in [0.15, 0.2) is 29.0 Å². The number of hydrogen-bond donors (Lipinski definition) is 1. The van der Waals surface area contributed by atoms with Crippen LogP contribution in [-0.2, 0) is 6.61 Å². The van der Waals surface area contributed by atoms with Gasteiger partial charge in [0.1, 0.15) is 23.8 Å². The van der Waals surface area contributed by atoms with E-state index < -0.39 is 46.4 Å². The van der Waals surface area contributed by atoms with E-state index >= 15 is 0 Å². The number of carbonyl (C=O) groups excluding carboxylic acids is 1. The fraction of sp³-hybridized carbons (Fsp3) is 0.0455. The smallest absolute Gasteiger partial charge is 0.291 e. The molecule has 1 amide bonds. The summed E-state index contributed by atoms with van der Waals surface area (Å²) in [7, 11) is 0. The van der Waals surface area contributed by atoms with Gasteiger partial charge < -0.3 is 14.5 Å². The molecular weight excluding hydrogens is 421 g/mol. The van der Waals surface area contributed by atoms with E-state index in [0.717, 1.165) is 10.8 Å². The lowest BCUT2D eigenvalue weighted by Gasteiger charge is -2.09. The second-order valence-electron chi connectivity index (χ2n) is 6.46. The van der Waals surface area contributed by atoms with E-state index in [1.54, 1.807) is 11.4 Å². The normalized spacial score (nSPS) is 11.0. The minimum absolute atomic E-state index is 0.0614. The largest absolute Gasteiger partial charge is 0.486 e. The van der Waals surface area contributed by atoms with E-state index in [0.29, 0.717) is 5.75 Å². The molecule has 0 atom stereocenters. The van der Waals surface area contributed by atoms with E-state index in [9.17, 15) is 26.7 Å².